The van der Waals surface area contributed by atoms with E-state index in [0.29, 0.717) is 17.9 Å². The molecule has 0 saturated carbocycles. The number of epoxide rings is 1. The number of hydrogen-bond donors (Lipinski definition) is 2. The van der Waals surface area contributed by atoms with E-state index in [0.717, 1.165) is 27.8 Å². The van der Waals surface area contributed by atoms with Crippen molar-refractivity contribution in [2.45, 2.75) is 119 Å². The van der Waals surface area contributed by atoms with E-state index in [2.05, 4.69) is 5.32 Å². The predicted molar refractivity (Wildman–Crippen MR) is 273 cm³/mol. The number of anilines is 1. The number of carbonyl (C=O) groups excluding carboxylic acids is 8. The normalized spacial score (nSPS) is 30.1. The number of allylic oxidation sites excluding steroid dienone is 3. The minimum absolute atomic E-state index is 0.0320. The molecule has 2 unspecified atom stereocenters. The molecule has 5 aliphatic rings. The lowest BCUT2D eigenvalue weighted by molar-refractivity contribution is -0.162. The minimum Gasteiger partial charge on any atom is -0.495 e. The number of imide groups is 2. The van der Waals surface area contributed by atoms with Crippen molar-refractivity contribution >= 4 is 88.3 Å². The molecule has 408 valence electrons. The van der Waals surface area contributed by atoms with Gasteiger partial charge in [-0.25, -0.2) is 9.59 Å². The van der Waals surface area contributed by atoms with Gasteiger partial charge in [0.1, 0.15) is 40.7 Å². The molecule has 21 nitrogen and oxygen atoms in total. The van der Waals surface area contributed by atoms with Crippen LogP contribution < -0.4 is 15.0 Å². The molecule has 0 aromatic heterocycles. The molecule has 0 radical (unpaired) electrons. The van der Waals surface area contributed by atoms with Gasteiger partial charge in [-0.2, -0.15) is 11.8 Å². The Morgan fingerprint density at radius 1 is 0.973 bits per heavy atom. The third-order valence-electron chi connectivity index (χ3n) is 14.1. The number of carbonyl (C=O) groups is 8. The number of nitrogens with zero attached hydrogens (tertiary/aromatic N) is 4. The van der Waals surface area contributed by atoms with Gasteiger partial charge in [0.15, 0.2) is 5.72 Å². The highest BCUT2D eigenvalue weighted by Crippen LogP contribution is 2.49. The summed E-state index contributed by atoms with van der Waals surface area (Å²) in [5.41, 5.74) is -1.20. The number of amides is 7. The van der Waals surface area contributed by atoms with Crippen molar-refractivity contribution in [1.82, 2.24) is 20.0 Å². The predicted octanol–water partition coefficient (Wildman–Crippen LogP) is 3.29. The Kier molecular flexibility index (Phi) is 20.1. The molecule has 7 amide bonds. The van der Waals surface area contributed by atoms with Crippen LogP contribution in [0.4, 0.5) is 10.5 Å². The molecule has 74 heavy (non-hydrogen) atoms. The average molecular weight is 1090 g/mol. The summed E-state index contributed by atoms with van der Waals surface area (Å²) in [4.78, 5) is 110. The van der Waals surface area contributed by atoms with Gasteiger partial charge in [0.05, 0.1) is 75.3 Å². The van der Waals surface area contributed by atoms with E-state index in [4.69, 9.17) is 44.8 Å². The highest BCUT2D eigenvalue weighted by Gasteiger charge is 2.64. The fraction of sp³-hybridized carbons (Fsp3) is 0.640. The SMILES string of the molecule is COc1cc2cc(c1Cl)N(C)C(=O)C[C@H](OC(=O)[C@H](C)N(C)C(=O)CCSC1CC(=O)N(CCOCCOCCN3C(=O)CC(SC)C3=O)C1=O)[C@]1(C)O[C@H]1[C@H](C)[C@@H]1C[C@@](O)(NC(=O)O1)[C@H](OC)/C=C/C=C(\C)C2. The summed E-state index contributed by atoms with van der Waals surface area (Å²) >= 11 is 9.31. The molecule has 4 fully saturated rings. The maximum absolute atomic E-state index is 14.4. The lowest BCUT2D eigenvalue weighted by atomic mass is 9.83. The number of aliphatic hydroxyl groups is 1. The first-order valence-electron chi connectivity index (χ1n) is 24.4. The number of halogens is 1. The molecule has 1 aromatic carbocycles. The van der Waals surface area contributed by atoms with Crippen LogP contribution in [0.2, 0.25) is 5.02 Å². The van der Waals surface area contributed by atoms with Crippen molar-refractivity contribution in [3.05, 3.63) is 46.5 Å². The first-order valence-corrected chi connectivity index (χ1v) is 27.1. The molecule has 5 heterocycles. The number of alkyl carbamates (subject to hydrolysis) is 1. The second-order valence-corrected chi connectivity index (χ2v) is 21.9. The summed E-state index contributed by atoms with van der Waals surface area (Å²) in [7, 11) is 5.85. The second kappa shape index (κ2) is 25.4. The molecule has 5 aliphatic heterocycles. The Balaban J connectivity index is 1.06. The lowest BCUT2D eigenvalue weighted by Crippen LogP contribution is -2.63. The van der Waals surface area contributed by atoms with Crippen molar-refractivity contribution < 1.29 is 76.6 Å². The topological polar surface area (TPSA) is 250 Å². The number of benzene rings is 1. The van der Waals surface area contributed by atoms with E-state index in [1.54, 1.807) is 51.4 Å². The number of nitrogens with one attached hydrogen (secondary N) is 1. The summed E-state index contributed by atoms with van der Waals surface area (Å²) in [5, 5.41) is 13.5. The van der Waals surface area contributed by atoms with Crippen LogP contribution in [0.25, 0.3) is 0 Å². The fourth-order valence-electron chi connectivity index (χ4n) is 9.41. The molecule has 0 aliphatic carbocycles. The highest BCUT2D eigenvalue weighted by atomic mass is 35.5. The number of hydrogen-bond acceptors (Lipinski definition) is 18. The van der Waals surface area contributed by atoms with Gasteiger partial charge in [0.2, 0.25) is 35.4 Å². The summed E-state index contributed by atoms with van der Waals surface area (Å²) in [5.74, 6) is -3.08. The third kappa shape index (κ3) is 13.6. The molecule has 4 saturated heterocycles. The van der Waals surface area contributed by atoms with Crippen LogP contribution >= 0.6 is 35.1 Å². The summed E-state index contributed by atoms with van der Waals surface area (Å²) in [6.07, 6.45) is 2.18. The molecule has 6 rings (SSSR count). The summed E-state index contributed by atoms with van der Waals surface area (Å²) in [6, 6.07) is 2.38. The zero-order chi connectivity index (χ0) is 54.2. The molecule has 4 bridgehead atoms. The van der Waals surface area contributed by atoms with E-state index in [-0.39, 0.29) is 98.9 Å². The summed E-state index contributed by atoms with van der Waals surface area (Å²) < 4.78 is 40.5. The van der Waals surface area contributed by atoms with E-state index < -0.39 is 89.2 Å². The van der Waals surface area contributed by atoms with Gasteiger partial charge in [-0.15, -0.1) is 11.8 Å². The van der Waals surface area contributed by atoms with Crippen LogP contribution in [0.1, 0.15) is 65.4 Å². The lowest BCUT2D eigenvalue weighted by Gasteiger charge is -2.42. The van der Waals surface area contributed by atoms with Gasteiger partial charge >= 0.3 is 12.1 Å². The van der Waals surface area contributed by atoms with Gasteiger partial charge in [-0.05, 0) is 51.1 Å². The number of ether oxygens (including phenoxy) is 7. The number of methoxy groups -OCH3 is 2. The van der Waals surface area contributed by atoms with Crippen LogP contribution in [-0.4, -0.2) is 199 Å². The van der Waals surface area contributed by atoms with E-state index in [9.17, 15) is 43.5 Å². The smallest absolute Gasteiger partial charge is 0.409 e. The van der Waals surface area contributed by atoms with Crippen molar-refractivity contribution in [1.29, 1.82) is 0 Å². The number of thioether (sulfide) groups is 2. The largest absolute Gasteiger partial charge is 0.495 e. The quantitative estimate of drug-likeness (QED) is 0.0873. The van der Waals surface area contributed by atoms with Gasteiger partial charge in [-0.3, -0.25) is 43.9 Å². The van der Waals surface area contributed by atoms with Crippen molar-refractivity contribution in [3.63, 3.8) is 0 Å². The Bertz CT molecular complexity index is 2380. The van der Waals surface area contributed by atoms with Gasteiger partial charge < -0.3 is 48.1 Å². The van der Waals surface area contributed by atoms with E-state index in [1.807, 2.05) is 13.0 Å². The summed E-state index contributed by atoms with van der Waals surface area (Å²) in [6.45, 7) is 7.60. The zero-order valence-electron chi connectivity index (χ0n) is 43.3. The molecule has 10 atom stereocenters. The zero-order valence-corrected chi connectivity index (χ0v) is 45.6. The molecule has 1 aromatic rings. The molecular formula is C50H68ClN5O16S2. The molecule has 0 spiro atoms. The van der Waals surface area contributed by atoms with Crippen LogP contribution in [-0.2, 0) is 68.4 Å². The van der Waals surface area contributed by atoms with Crippen molar-refractivity contribution in [2.24, 2.45) is 5.92 Å². The fourth-order valence-corrected chi connectivity index (χ4v) is 11.5. The van der Waals surface area contributed by atoms with Gasteiger partial charge in [0, 0.05) is 58.6 Å². The van der Waals surface area contributed by atoms with Gasteiger partial charge in [-0.1, -0.05) is 42.3 Å². The standard InChI is InChI=1S/C50H68ClN5O16S2/c1-28-11-10-12-37(67-8)50(65)27-34(70-48(64)52-50)29(2)44-49(4,72-44)38(26-40(58)54(6)32-22-31(21-28)23-33(66-7)43(32)51)71-47(63)30(3)53(5)39(57)13-20-74-36-25-42(60)56(46(36)62)15-17-69-19-18-68-16-14-55-41(59)24-35(73-9)45(55)61/h10-12,22-23,29-30,34-38,44,65H,13-21,24-27H2,1-9H3,(H,52,64)/b12-10+,28-11+/t29-,30+,34+,35?,36?,37-,38+,44+,49+,50+/m1/s1. The van der Waals surface area contributed by atoms with Crippen LogP contribution in [0.3, 0.4) is 0 Å². The maximum atomic E-state index is 14.4. The Labute approximate surface area is 444 Å². The molecular weight excluding hydrogens is 1030 g/mol. The number of rotatable bonds is 19. The van der Waals surface area contributed by atoms with Gasteiger partial charge in [0.25, 0.3) is 0 Å². The first-order chi connectivity index (χ1) is 35.1. The Hall–Kier alpha value is -4.75. The number of esters is 1. The first kappa shape index (κ1) is 58.5. The van der Waals surface area contributed by atoms with Crippen LogP contribution in [0.15, 0.2) is 35.9 Å². The van der Waals surface area contributed by atoms with E-state index in [1.165, 1.54) is 54.7 Å². The number of likely N-dealkylation sites (tertiary alicyclic amines) is 2. The Morgan fingerprint density at radius 2 is 1.61 bits per heavy atom. The van der Waals surface area contributed by atoms with Crippen LogP contribution in [0.5, 0.6) is 5.75 Å². The van der Waals surface area contributed by atoms with Crippen molar-refractivity contribution in [2.75, 3.05) is 84.7 Å². The monoisotopic (exact) mass is 1090 g/mol. The highest BCUT2D eigenvalue weighted by molar-refractivity contribution is 8.00. The van der Waals surface area contributed by atoms with E-state index >= 15 is 0 Å². The number of fused-ring (bicyclic) bond motifs is 5. The minimum atomic E-state index is -1.88. The van der Waals surface area contributed by atoms with Crippen LogP contribution in [0, 0.1) is 5.92 Å². The Morgan fingerprint density at radius 3 is 2.22 bits per heavy atom. The average Bonchev–Trinajstić information content (AvgIpc) is 3.88. The number of likely N-dealkylation sites (N-methyl/N-ethyl adjacent to an activating group) is 1. The van der Waals surface area contributed by atoms with Crippen molar-refractivity contribution in [3.8, 4) is 5.75 Å². The molecule has 24 heteroatoms. The maximum Gasteiger partial charge on any atom is 0.409 e. The second-order valence-electron chi connectivity index (χ2n) is 19.1. The third-order valence-corrected chi connectivity index (χ3v) is 16.7. The molecule has 2 N–H and O–H groups in total.